The number of carbonyl (C=O) groups excluding carboxylic acids is 1. The lowest BCUT2D eigenvalue weighted by molar-refractivity contribution is -0.145. The highest BCUT2D eigenvalue weighted by molar-refractivity contribution is 5.69. The van der Waals surface area contributed by atoms with Crippen LogP contribution < -0.4 is 0 Å². The van der Waals surface area contributed by atoms with Gasteiger partial charge in [-0.1, -0.05) is 101 Å². The van der Waals surface area contributed by atoms with E-state index >= 15 is 0 Å². The zero-order chi connectivity index (χ0) is 19.9. The van der Waals surface area contributed by atoms with Gasteiger partial charge in [0, 0.05) is 6.42 Å². The molecule has 3 heteroatoms. The Balaban J connectivity index is 1.29. The van der Waals surface area contributed by atoms with Crippen LogP contribution in [0.5, 0.6) is 0 Å². The first-order valence-electron chi connectivity index (χ1n) is 11.6. The molecule has 2 rings (SSSR count). The minimum absolute atomic E-state index is 0.0690. The van der Waals surface area contributed by atoms with Crippen molar-refractivity contribution in [1.29, 1.82) is 0 Å². The van der Waals surface area contributed by atoms with Crippen LogP contribution >= 0.6 is 0 Å². The van der Waals surface area contributed by atoms with Crippen molar-refractivity contribution in [1.82, 2.24) is 0 Å². The Morgan fingerprint density at radius 2 is 1.39 bits per heavy atom. The zero-order valence-electron chi connectivity index (χ0n) is 17.9. The van der Waals surface area contributed by atoms with Gasteiger partial charge in [0.15, 0.2) is 0 Å². The van der Waals surface area contributed by atoms with Crippen LogP contribution in [0, 0.1) is 0 Å². The van der Waals surface area contributed by atoms with Gasteiger partial charge in [-0.3, -0.25) is 4.79 Å². The lowest BCUT2D eigenvalue weighted by Gasteiger charge is -2.05. The van der Waals surface area contributed by atoms with Gasteiger partial charge in [0.25, 0.3) is 0 Å². The molecule has 0 amide bonds. The van der Waals surface area contributed by atoms with Gasteiger partial charge in [-0.05, 0) is 24.8 Å². The number of carbonyl (C=O) groups is 1. The number of hydrogen-bond donors (Lipinski definition) is 0. The summed E-state index contributed by atoms with van der Waals surface area (Å²) in [6, 6.07) is 9.87. The molecule has 0 N–H and O–H groups in total. The Morgan fingerprint density at radius 1 is 0.821 bits per heavy atom. The molecular weight excluding hydrogens is 348 g/mol. The quantitative estimate of drug-likeness (QED) is 0.164. The van der Waals surface area contributed by atoms with Crippen molar-refractivity contribution in [3.05, 3.63) is 35.9 Å². The van der Waals surface area contributed by atoms with E-state index in [0.717, 1.165) is 18.4 Å². The summed E-state index contributed by atoms with van der Waals surface area (Å²) < 4.78 is 11.0. The highest BCUT2D eigenvalue weighted by atomic mass is 16.6. The van der Waals surface area contributed by atoms with Crippen LogP contribution in [-0.2, 0) is 20.9 Å². The molecule has 1 aromatic rings. The van der Waals surface area contributed by atoms with E-state index in [1.54, 1.807) is 0 Å². The fourth-order valence-electron chi connectivity index (χ4n) is 3.75. The molecule has 1 aliphatic heterocycles. The molecule has 1 fully saturated rings. The second-order valence-electron chi connectivity index (χ2n) is 8.22. The summed E-state index contributed by atoms with van der Waals surface area (Å²) in [5.41, 5.74) is 1.05. The largest absolute Gasteiger partial charge is 0.461 e. The van der Waals surface area contributed by atoms with Gasteiger partial charge in [0.05, 0.1) is 12.2 Å². The number of esters is 1. The summed E-state index contributed by atoms with van der Waals surface area (Å²) in [6.45, 7) is 2.64. The van der Waals surface area contributed by atoms with E-state index in [0.29, 0.717) is 25.2 Å². The first-order chi connectivity index (χ1) is 13.8. The second-order valence-corrected chi connectivity index (χ2v) is 8.22. The molecular formula is C25H40O3. The van der Waals surface area contributed by atoms with E-state index in [9.17, 15) is 4.79 Å². The van der Waals surface area contributed by atoms with Crippen molar-refractivity contribution < 1.29 is 14.3 Å². The van der Waals surface area contributed by atoms with Crippen LogP contribution in [0.2, 0.25) is 0 Å². The van der Waals surface area contributed by atoms with E-state index in [4.69, 9.17) is 9.47 Å². The molecule has 0 radical (unpaired) electrons. The minimum atomic E-state index is -0.0690. The predicted octanol–water partition coefficient (Wildman–Crippen LogP) is 6.98. The SMILES string of the molecule is CCCCC1OC1CCCCCCCCCCCC(=O)OCc1ccccc1. The maximum absolute atomic E-state index is 11.7. The summed E-state index contributed by atoms with van der Waals surface area (Å²) in [7, 11) is 0. The third kappa shape index (κ3) is 10.8. The fraction of sp³-hybridized carbons (Fsp3) is 0.720. The van der Waals surface area contributed by atoms with Crippen LogP contribution in [0.1, 0.15) is 102 Å². The predicted molar refractivity (Wildman–Crippen MR) is 115 cm³/mol. The number of unbranched alkanes of at least 4 members (excludes halogenated alkanes) is 9. The number of rotatable bonds is 17. The van der Waals surface area contributed by atoms with Crippen molar-refractivity contribution in [3.8, 4) is 0 Å². The molecule has 0 spiro atoms. The van der Waals surface area contributed by atoms with Gasteiger partial charge in [-0.2, -0.15) is 0 Å². The summed E-state index contributed by atoms with van der Waals surface area (Å²) in [5.74, 6) is -0.0690. The average molecular weight is 389 g/mol. The van der Waals surface area contributed by atoms with Crippen molar-refractivity contribution >= 4 is 5.97 Å². The number of epoxide rings is 1. The third-order valence-electron chi connectivity index (χ3n) is 5.64. The lowest BCUT2D eigenvalue weighted by atomic mass is 10.0. The maximum atomic E-state index is 11.7. The van der Waals surface area contributed by atoms with E-state index in [2.05, 4.69) is 6.92 Å². The lowest BCUT2D eigenvalue weighted by Crippen LogP contribution is -2.04. The first-order valence-corrected chi connectivity index (χ1v) is 11.6. The Kier molecular flexibility index (Phi) is 12.0. The van der Waals surface area contributed by atoms with Crippen molar-refractivity contribution in [2.24, 2.45) is 0 Å². The third-order valence-corrected chi connectivity index (χ3v) is 5.64. The van der Waals surface area contributed by atoms with Crippen LogP contribution in [0.4, 0.5) is 0 Å². The van der Waals surface area contributed by atoms with Gasteiger partial charge in [-0.25, -0.2) is 0 Å². The molecule has 0 saturated carbocycles. The Hall–Kier alpha value is -1.35. The molecule has 0 aromatic heterocycles. The van der Waals surface area contributed by atoms with E-state index in [-0.39, 0.29) is 5.97 Å². The van der Waals surface area contributed by atoms with Crippen LogP contribution in [0.25, 0.3) is 0 Å². The molecule has 1 aromatic carbocycles. The second kappa shape index (κ2) is 14.6. The molecule has 0 bridgehead atoms. The molecule has 158 valence electrons. The smallest absolute Gasteiger partial charge is 0.306 e. The maximum Gasteiger partial charge on any atom is 0.306 e. The Labute approximate surface area is 172 Å². The van der Waals surface area contributed by atoms with E-state index < -0.39 is 0 Å². The first kappa shape index (κ1) is 22.9. The fourth-order valence-corrected chi connectivity index (χ4v) is 3.75. The summed E-state index contributed by atoms with van der Waals surface area (Å²) in [4.78, 5) is 11.7. The molecule has 2 atom stereocenters. The van der Waals surface area contributed by atoms with Gasteiger partial charge in [0.1, 0.15) is 6.61 Å². The van der Waals surface area contributed by atoms with Gasteiger partial charge >= 0.3 is 5.97 Å². The monoisotopic (exact) mass is 388 g/mol. The van der Waals surface area contributed by atoms with Crippen molar-refractivity contribution in [3.63, 3.8) is 0 Å². The summed E-state index contributed by atoms with van der Waals surface area (Å²) in [5, 5.41) is 0. The Bertz CT molecular complexity index is 514. The van der Waals surface area contributed by atoms with Crippen LogP contribution in [-0.4, -0.2) is 18.2 Å². The Morgan fingerprint density at radius 3 is 2.04 bits per heavy atom. The molecule has 1 saturated heterocycles. The standard InChI is InChI=1S/C25H40O3/c1-2-3-18-23-24(28-23)19-14-9-7-5-4-6-8-10-15-20-25(26)27-21-22-16-12-11-13-17-22/h11-13,16-17,23-24H,2-10,14-15,18-21H2,1H3. The van der Waals surface area contributed by atoms with Crippen LogP contribution in [0.15, 0.2) is 30.3 Å². The topological polar surface area (TPSA) is 38.8 Å². The summed E-state index contributed by atoms with van der Waals surface area (Å²) >= 11 is 0. The highest BCUT2D eigenvalue weighted by Gasteiger charge is 2.36. The zero-order valence-corrected chi connectivity index (χ0v) is 17.9. The summed E-state index contributed by atoms with van der Waals surface area (Å²) in [6.07, 6.45) is 18.2. The van der Waals surface area contributed by atoms with Gasteiger partial charge in [-0.15, -0.1) is 0 Å². The molecule has 0 aliphatic carbocycles. The number of ether oxygens (including phenoxy) is 2. The van der Waals surface area contributed by atoms with E-state index in [1.807, 2.05) is 30.3 Å². The molecule has 2 unspecified atom stereocenters. The molecule has 1 heterocycles. The number of hydrogen-bond acceptors (Lipinski definition) is 3. The van der Waals surface area contributed by atoms with Crippen LogP contribution in [0.3, 0.4) is 0 Å². The van der Waals surface area contributed by atoms with Crippen molar-refractivity contribution in [2.75, 3.05) is 0 Å². The molecule has 3 nitrogen and oxygen atoms in total. The highest BCUT2D eigenvalue weighted by Crippen LogP contribution is 2.31. The molecule has 1 aliphatic rings. The normalized spacial score (nSPS) is 18.2. The van der Waals surface area contributed by atoms with Gasteiger partial charge in [0.2, 0.25) is 0 Å². The van der Waals surface area contributed by atoms with Gasteiger partial charge < -0.3 is 9.47 Å². The van der Waals surface area contributed by atoms with E-state index in [1.165, 1.54) is 70.6 Å². The molecule has 28 heavy (non-hydrogen) atoms. The average Bonchev–Trinajstić information content (AvgIpc) is 3.47. The number of benzene rings is 1. The van der Waals surface area contributed by atoms with Crippen molar-refractivity contribution in [2.45, 2.75) is 116 Å². The minimum Gasteiger partial charge on any atom is -0.461 e.